The van der Waals surface area contributed by atoms with Gasteiger partial charge >= 0.3 is 6.01 Å². The number of aliphatic hydroxyl groups is 1. The molecule has 5 atom stereocenters. The first-order valence-corrected chi connectivity index (χ1v) is 27.5. The van der Waals surface area contributed by atoms with Gasteiger partial charge in [-0.05, 0) is 102 Å². The molecule has 0 saturated carbocycles. The summed E-state index contributed by atoms with van der Waals surface area (Å²) in [5, 5.41) is 43.5. The summed E-state index contributed by atoms with van der Waals surface area (Å²) in [5.41, 5.74) is 5.33. The highest BCUT2D eigenvalue weighted by atomic mass is 35.5. The normalized spacial score (nSPS) is 19.2. The van der Waals surface area contributed by atoms with Gasteiger partial charge in [-0.1, -0.05) is 74.0 Å². The number of likely N-dealkylation sites (tertiary alicyclic amines) is 2. The Morgan fingerprint density at radius 2 is 1.82 bits per heavy atom. The zero-order chi connectivity index (χ0) is 53.9. The van der Waals surface area contributed by atoms with E-state index in [-0.39, 0.29) is 89.0 Å². The molecule has 77 heavy (non-hydrogen) atoms. The van der Waals surface area contributed by atoms with E-state index in [9.17, 15) is 25.1 Å². The summed E-state index contributed by atoms with van der Waals surface area (Å²) in [6.07, 6.45) is 1.25. The number of aryl methyl sites for hydroxylation is 1. The smallest absolute Gasteiger partial charge is 0.319 e. The van der Waals surface area contributed by atoms with Gasteiger partial charge in [0.2, 0.25) is 11.8 Å². The van der Waals surface area contributed by atoms with Gasteiger partial charge in [-0.15, -0.1) is 11.3 Å². The molecule has 3 saturated heterocycles. The number of aromatic nitrogens is 4. The van der Waals surface area contributed by atoms with E-state index in [1.165, 1.54) is 11.0 Å². The Kier molecular flexibility index (Phi) is 16.2. The average Bonchev–Trinajstić information content (AvgIpc) is 4.25. The highest BCUT2D eigenvalue weighted by Gasteiger charge is 2.44. The Hall–Kier alpha value is -6.95. The van der Waals surface area contributed by atoms with Crippen LogP contribution in [0.4, 0.5) is 10.2 Å². The van der Waals surface area contributed by atoms with Crippen LogP contribution in [0.5, 0.6) is 17.6 Å². The molecule has 0 radical (unpaired) electrons. The van der Waals surface area contributed by atoms with Crippen LogP contribution in [0.3, 0.4) is 0 Å². The fourth-order valence-corrected chi connectivity index (χ4v) is 12.0. The maximum atomic E-state index is 17.1. The fourth-order valence-electron chi connectivity index (χ4n) is 10.9. The van der Waals surface area contributed by atoms with Crippen molar-refractivity contribution >= 4 is 62.2 Å². The summed E-state index contributed by atoms with van der Waals surface area (Å²) in [5.74, 6) is -1.04. The van der Waals surface area contributed by atoms with Crippen LogP contribution >= 0.6 is 22.9 Å². The number of amides is 2. The molecular formula is C57H62ClFN10O7S. The van der Waals surface area contributed by atoms with E-state index in [4.69, 9.17) is 30.6 Å². The quantitative estimate of drug-likeness (QED) is 0.0670. The number of β-amino-alcohol motifs (C(OH)–C–C–N with tert-alkyl or cyclic N) is 1. The number of hydrogen-bond donors (Lipinski definition) is 4. The summed E-state index contributed by atoms with van der Waals surface area (Å²) < 4.78 is 35.2. The second-order valence-electron chi connectivity index (χ2n) is 20.7. The van der Waals surface area contributed by atoms with Crippen LogP contribution in [0, 0.1) is 35.9 Å². The number of benzene rings is 4. The molecule has 2 amide bonds. The number of aliphatic hydroxyl groups excluding tert-OH is 1. The predicted molar refractivity (Wildman–Crippen MR) is 293 cm³/mol. The van der Waals surface area contributed by atoms with E-state index < -0.39 is 23.9 Å². The van der Waals surface area contributed by atoms with Gasteiger partial charge in [0.05, 0.1) is 52.3 Å². The lowest BCUT2D eigenvalue weighted by Gasteiger charge is -2.34. The van der Waals surface area contributed by atoms with Crippen LogP contribution in [0.2, 0.25) is 5.02 Å². The third-order valence-electron chi connectivity index (χ3n) is 15.1. The van der Waals surface area contributed by atoms with Gasteiger partial charge in [-0.25, -0.2) is 9.37 Å². The number of rotatable bonds is 17. The number of carbonyl (C=O) groups excluding carboxylic acids is 2. The number of thiazole rings is 1. The number of piperidine rings is 1. The van der Waals surface area contributed by atoms with Crippen molar-refractivity contribution in [2.75, 3.05) is 63.9 Å². The summed E-state index contributed by atoms with van der Waals surface area (Å²) in [6, 6.07) is 22.8. The van der Waals surface area contributed by atoms with Crippen LogP contribution in [-0.4, -0.2) is 129 Å². The standard InChI is InChI=1S/C57H62ClFN10O7S/c1-32(2)49(56(73)69-29-41(71)25-46(69)55(72)63-33(3)36-9-11-37(12-10-36)53-34(4)62-31-77-53)47-27-48(66-76-47)75-30-35-14-18-67(19-15-35)21-22-74-57-64-52-44(54(65-57)68-20-17-61-39(28-68)13-16-60)26-45(58)50(51(52)59)43-24-40(70)23-38-7-5-6-8-42(38)43/h5-12,23-24,26-27,31-33,35,39,41,46,49,61,70-71H,13-15,17-22,25,28-30H2,1-4H3,(H,63,72)/t33-,39-,41+,46-,49+/m0/s1. The highest BCUT2D eigenvalue weighted by molar-refractivity contribution is 7.13. The van der Waals surface area contributed by atoms with Gasteiger partial charge < -0.3 is 44.6 Å². The third kappa shape index (κ3) is 11.7. The molecule has 3 fully saturated rings. The molecule has 4 N–H and O–H groups in total. The fraction of sp³-hybridized carbons (Fsp3) is 0.421. The molecule has 10 rings (SSSR count). The number of phenolic OH excluding ortho intramolecular Hbond substituents is 1. The number of aromatic hydroxyl groups is 1. The summed E-state index contributed by atoms with van der Waals surface area (Å²) in [7, 11) is 0. The van der Waals surface area contributed by atoms with Crippen LogP contribution in [-0.2, 0) is 9.59 Å². The Balaban J connectivity index is 0.748. The molecule has 0 bridgehead atoms. The summed E-state index contributed by atoms with van der Waals surface area (Å²) in [6.45, 7) is 12.1. The van der Waals surface area contributed by atoms with Crippen molar-refractivity contribution in [1.29, 1.82) is 5.26 Å². The number of nitrogens with one attached hydrogen (secondary N) is 2. The molecule has 402 valence electrons. The van der Waals surface area contributed by atoms with Crippen molar-refractivity contribution in [2.45, 2.75) is 83.5 Å². The molecule has 4 aromatic carbocycles. The summed E-state index contributed by atoms with van der Waals surface area (Å²) >= 11 is 8.51. The monoisotopic (exact) mass is 1080 g/mol. The molecule has 17 nitrogen and oxygen atoms in total. The van der Waals surface area contributed by atoms with E-state index in [0.29, 0.717) is 61.7 Å². The van der Waals surface area contributed by atoms with Crippen molar-refractivity contribution in [3.05, 3.63) is 106 Å². The van der Waals surface area contributed by atoms with Crippen LogP contribution in [0.25, 0.3) is 43.2 Å². The number of anilines is 1. The predicted octanol–water partition coefficient (Wildman–Crippen LogP) is 8.81. The maximum Gasteiger partial charge on any atom is 0.319 e. The second kappa shape index (κ2) is 23.3. The Morgan fingerprint density at radius 1 is 1.03 bits per heavy atom. The Morgan fingerprint density at radius 3 is 2.57 bits per heavy atom. The van der Waals surface area contributed by atoms with Gasteiger partial charge in [0.25, 0.3) is 5.88 Å². The van der Waals surface area contributed by atoms with Gasteiger partial charge in [0.15, 0.2) is 11.6 Å². The Labute approximate surface area is 455 Å². The minimum atomic E-state index is -0.860. The first-order chi connectivity index (χ1) is 37.2. The highest BCUT2D eigenvalue weighted by Crippen LogP contribution is 2.43. The molecule has 20 heteroatoms. The van der Waals surface area contributed by atoms with Crippen LogP contribution < -0.4 is 25.0 Å². The molecule has 6 heterocycles. The number of nitrogens with zero attached hydrogens (tertiary/aromatic N) is 8. The van der Waals surface area contributed by atoms with Crippen LogP contribution in [0.1, 0.15) is 75.4 Å². The zero-order valence-electron chi connectivity index (χ0n) is 43.4. The lowest BCUT2D eigenvalue weighted by Crippen LogP contribution is -2.51. The zero-order valence-corrected chi connectivity index (χ0v) is 45.0. The van der Waals surface area contributed by atoms with Gasteiger partial charge in [0, 0.05) is 62.2 Å². The number of hydrogen-bond acceptors (Lipinski definition) is 16. The minimum Gasteiger partial charge on any atom is -0.508 e. The van der Waals surface area contributed by atoms with E-state index in [0.717, 1.165) is 58.4 Å². The molecule has 7 aromatic rings. The topological polar surface area (TPSA) is 215 Å². The number of piperazine rings is 1. The molecule has 3 aliphatic heterocycles. The number of ether oxygens (including phenoxy) is 2. The van der Waals surface area contributed by atoms with Crippen molar-refractivity contribution < 1.29 is 38.2 Å². The van der Waals surface area contributed by atoms with Gasteiger partial charge in [-0.2, -0.15) is 15.2 Å². The van der Waals surface area contributed by atoms with Gasteiger partial charge in [-0.3, -0.25) is 14.5 Å². The molecule has 0 spiro atoms. The minimum absolute atomic E-state index is 0.0154. The number of fused-ring (bicyclic) bond motifs is 2. The molecule has 3 aliphatic rings. The van der Waals surface area contributed by atoms with E-state index >= 15 is 4.39 Å². The first-order valence-electron chi connectivity index (χ1n) is 26.2. The SMILES string of the molecule is Cc1ncsc1-c1ccc([C@H](C)NC(=O)[C@@H]2C[C@@H](O)CN2C(=O)[C@@H](c2cc(OCC3CCN(CCOc4nc(N5CCN[C@@H](CC#N)C5)c5cc(Cl)c(-c6cc(O)cc7ccccc67)c(F)c5n4)CC3)no2)C(C)C)cc1. The first kappa shape index (κ1) is 53.4. The van der Waals surface area contributed by atoms with Crippen molar-refractivity contribution in [2.24, 2.45) is 11.8 Å². The maximum absolute atomic E-state index is 17.1. The largest absolute Gasteiger partial charge is 0.508 e. The van der Waals surface area contributed by atoms with Crippen molar-refractivity contribution in [3.8, 4) is 45.3 Å². The van der Waals surface area contributed by atoms with Gasteiger partial charge in [0.1, 0.15) is 35.7 Å². The summed E-state index contributed by atoms with van der Waals surface area (Å²) in [4.78, 5) is 48.8. The van der Waals surface area contributed by atoms with E-state index in [1.807, 2.05) is 86.6 Å². The lowest BCUT2D eigenvalue weighted by atomic mass is 9.91. The number of nitriles is 1. The Bertz CT molecular complexity index is 3310. The van der Waals surface area contributed by atoms with E-state index in [1.54, 1.807) is 29.5 Å². The second-order valence-corrected chi connectivity index (χ2v) is 22.0. The number of carbonyl (C=O) groups is 2. The molecule has 3 aromatic heterocycles. The third-order valence-corrected chi connectivity index (χ3v) is 16.3. The van der Waals surface area contributed by atoms with Crippen LogP contribution in [0.15, 0.2) is 82.8 Å². The van der Waals surface area contributed by atoms with Crippen molar-refractivity contribution in [1.82, 2.24) is 40.5 Å². The number of halogens is 2. The molecule has 0 unspecified atom stereocenters. The molecule has 0 aliphatic carbocycles. The number of phenols is 1. The average molecular weight is 1090 g/mol. The van der Waals surface area contributed by atoms with Crippen molar-refractivity contribution in [3.63, 3.8) is 0 Å². The van der Waals surface area contributed by atoms with E-state index in [2.05, 4.69) is 36.7 Å². The lowest BCUT2D eigenvalue weighted by molar-refractivity contribution is -0.141. The molecular weight excluding hydrogens is 1020 g/mol.